The number of rotatable bonds is 7. The highest BCUT2D eigenvalue weighted by atomic mass is 16.2. The van der Waals surface area contributed by atoms with E-state index < -0.39 is 0 Å². The lowest BCUT2D eigenvalue weighted by Gasteiger charge is -2.16. The van der Waals surface area contributed by atoms with Crippen LogP contribution in [-0.2, 0) is 4.79 Å². The van der Waals surface area contributed by atoms with Crippen LogP contribution in [0.2, 0.25) is 0 Å². The maximum atomic E-state index is 11.6. The monoisotopic (exact) mass is 213 g/mol. The van der Waals surface area contributed by atoms with Gasteiger partial charge in [-0.1, -0.05) is 0 Å². The zero-order chi connectivity index (χ0) is 11.3. The molecule has 1 rings (SSSR count). The molecule has 4 heteroatoms. The summed E-state index contributed by atoms with van der Waals surface area (Å²) in [7, 11) is 6.03. The highest BCUT2D eigenvalue weighted by Gasteiger charge is 2.28. The molecule has 88 valence electrons. The average Bonchev–Trinajstić information content (AvgIpc) is 2.98. The van der Waals surface area contributed by atoms with Crippen LogP contribution in [-0.4, -0.2) is 62.5 Å². The predicted octanol–water partition coefficient (Wildman–Crippen LogP) is 0.149. The highest BCUT2D eigenvalue weighted by molar-refractivity contribution is 5.78. The van der Waals surface area contributed by atoms with Gasteiger partial charge in [-0.2, -0.15) is 0 Å². The molecule has 1 N–H and O–H groups in total. The molecule has 0 spiro atoms. The van der Waals surface area contributed by atoms with Crippen LogP contribution in [0.15, 0.2) is 0 Å². The van der Waals surface area contributed by atoms with Crippen LogP contribution in [0.4, 0.5) is 0 Å². The van der Waals surface area contributed by atoms with Crippen molar-refractivity contribution < 1.29 is 4.79 Å². The molecule has 15 heavy (non-hydrogen) atoms. The van der Waals surface area contributed by atoms with Gasteiger partial charge in [0.1, 0.15) is 0 Å². The molecule has 0 heterocycles. The van der Waals surface area contributed by atoms with Gasteiger partial charge in [0.2, 0.25) is 5.91 Å². The van der Waals surface area contributed by atoms with Crippen molar-refractivity contribution in [1.29, 1.82) is 0 Å². The van der Waals surface area contributed by atoms with Crippen molar-refractivity contribution in [3.8, 4) is 0 Å². The maximum Gasteiger partial charge on any atom is 0.236 e. The molecule has 4 nitrogen and oxygen atoms in total. The number of nitrogens with zero attached hydrogens (tertiary/aromatic N) is 2. The van der Waals surface area contributed by atoms with E-state index in [9.17, 15) is 4.79 Å². The Morgan fingerprint density at radius 3 is 2.53 bits per heavy atom. The average molecular weight is 213 g/mol. The van der Waals surface area contributed by atoms with E-state index >= 15 is 0 Å². The van der Waals surface area contributed by atoms with Crippen LogP contribution in [0.1, 0.15) is 19.3 Å². The molecule has 0 aromatic carbocycles. The molecule has 0 aromatic heterocycles. The van der Waals surface area contributed by atoms with Gasteiger partial charge in [0.05, 0.1) is 6.54 Å². The summed E-state index contributed by atoms with van der Waals surface area (Å²) in [6.45, 7) is 2.47. The first-order valence-corrected chi connectivity index (χ1v) is 5.72. The van der Waals surface area contributed by atoms with Crippen molar-refractivity contribution in [1.82, 2.24) is 15.1 Å². The third kappa shape index (κ3) is 5.14. The Bertz CT molecular complexity index is 202. The van der Waals surface area contributed by atoms with Crippen LogP contribution in [0.5, 0.6) is 0 Å². The maximum absolute atomic E-state index is 11.6. The second kappa shape index (κ2) is 6.08. The topological polar surface area (TPSA) is 35.6 Å². The number of nitrogens with one attached hydrogen (secondary N) is 1. The van der Waals surface area contributed by atoms with Crippen molar-refractivity contribution >= 4 is 5.91 Å². The van der Waals surface area contributed by atoms with Crippen molar-refractivity contribution in [2.45, 2.75) is 25.3 Å². The number of amides is 1. The molecule has 0 radical (unpaired) electrons. The third-order valence-corrected chi connectivity index (χ3v) is 2.72. The van der Waals surface area contributed by atoms with Gasteiger partial charge in [-0.25, -0.2) is 0 Å². The molecule has 1 aliphatic carbocycles. The Morgan fingerprint density at radius 2 is 2.00 bits per heavy atom. The van der Waals surface area contributed by atoms with Crippen molar-refractivity contribution in [3.05, 3.63) is 0 Å². The molecule has 0 atom stereocenters. The predicted molar refractivity (Wildman–Crippen MR) is 61.8 cm³/mol. The second-order valence-corrected chi connectivity index (χ2v) is 4.57. The fourth-order valence-electron chi connectivity index (χ4n) is 1.51. The van der Waals surface area contributed by atoms with Gasteiger partial charge in [-0.05, 0) is 46.4 Å². The Kier molecular flexibility index (Phi) is 5.05. The fourth-order valence-corrected chi connectivity index (χ4v) is 1.51. The van der Waals surface area contributed by atoms with E-state index in [0.29, 0.717) is 12.6 Å². The number of hydrogen-bond donors (Lipinski definition) is 1. The van der Waals surface area contributed by atoms with E-state index in [1.807, 2.05) is 11.9 Å². The molecule has 0 bridgehead atoms. The Balaban J connectivity index is 1.96. The van der Waals surface area contributed by atoms with Crippen LogP contribution in [0.25, 0.3) is 0 Å². The molecule has 1 saturated carbocycles. The largest absolute Gasteiger partial charge is 0.342 e. The summed E-state index contributed by atoms with van der Waals surface area (Å²) >= 11 is 0. The molecular formula is C11H23N3O. The SMILES string of the molecule is CN(C)CCCNCC(=O)N(C)C1CC1. The number of carbonyl (C=O) groups is 1. The van der Waals surface area contributed by atoms with Crippen LogP contribution >= 0.6 is 0 Å². The van der Waals surface area contributed by atoms with Gasteiger partial charge in [0.15, 0.2) is 0 Å². The summed E-state index contributed by atoms with van der Waals surface area (Å²) in [5.74, 6) is 0.224. The first-order chi connectivity index (χ1) is 7.11. The van der Waals surface area contributed by atoms with Crippen LogP contribution in [0.3, 0.4) is 0 Å². The smallest absolute Gasteiger partial charge is 0.236 e. The van der Waals surface area contributed by atoms with E-state index in [-0.39, 0.29) is 5.91 Å². The molecule has 0 unspecified atom stereocenters. The zero-order valence-electron chi connectivity index (χ0n) is 10.1. The summed E-state index contributed by atoms with van der Waals surface area (Å²) in [5, 5.41) is 3.19. The zero-order valence-corrected chi connectivity index (χ0v) is 10.1. The normalized spacial score (nSPS) is 15.7. The Labute approximate surface area is 92.6 Å². The lowest BCUT2D eigenvalue weighted by atomic mass is 10.4. The van der Waals surface area contributed by atoms with Crippen molar-refractivity contribution in [3.63, 3.8) is 0 Å². The molecular weight excluding hydrogens is 190 g/mol. The van der Waals surface area contributed by atoms with E-state index in [1.54, 1.807) is 0 Å². The number of hydrogen-bond acceptors (Lipinski definition) is 3. The molecule has 0 saturated heterocycles. The molecule has 1 fully saturated rings. The summed E-state index contributed by atoms with van der Waals surface area (Å²) in [4.78, 5) is 15.6. The van der Waals surface area contributed by atoms with Gasteiger partial charge in [-0.15, -0.1) is 0 Å². The minimum absolute atomic E-state index is 0.224. The van der Waals surface area contributed by atoms with E-state index in [4.69, 9.17) is 0 Å². The van der Waals surface area contributed by atoms with Crippen LogP contribution in [0, 0.1) is 0 Å². The lowest BCUT2D eigenvalue weighted by molar-refractivity contribution is -0.129. The highest BCUT2D eigenvalue weighted by Crippen LogP contribution is 2.24. The van der Waals surface area contributed by atoms with Crippen LogP contribution < -0.4 is 5.32 Å². The van der Waals surface area contributed by atoms with Gasteiger partial charge >= 0.3 is 0 Å². The van der Waals surface area contributed by atoms with Gasteiger partial charge in [0, 0.05) is 13.1 Å². The minimum atomic E-state index is 0.224. The quantitative estimate of drug-likeness (QED) is 0.611. The van der Waals surface area contributed by atoms with Gasteiger partial charge in [-0.3, -0.25) is 4.79 Å². The number of carbonyl (C=O) groups excluding carboxylic acids is 1. The van der Waals surface area contributed by atoms with Gasteiger partial charge < -0.3 is 15.1 Å². The van der Waals surface area contributed by atoms with E-state index in [2.05, 4.69) is 24.3 Å². The Morgan fingerprint density at radius 1 is 1.33 bits per heavy atom. The van der Waals surface area contributed by atoms with Gasteiger partial charge in [0.25, 0.3) is 0 Å². The number of likely N-dealkylation sites (N-methyl/N-ethyl adjacent to an activating group) is 1. The molecule has 0 aliphatic heterocycles. The van der Waals surface area contributed by atoms with Crippen molar-refractivity contribution in [2.24, 2.45) is 0 Å². The van der Waals surface area contributed by atoms with E-state index in [0.717, 1.165) is 19.5 Å². The third-order valence-electron chi connectivity index (χ3n) is 2.72. The van der Waals surface area contributed by atoms with E-state index in [1.165, 1.54) is 12.8 Å². The lowest BCUT2D eigenvalue weighted by Crippen LogP contribution is -2.37. The fraction of sp³-hybridized carbons (Fsp3) is 0.909. The first-order valence-electron chi connectivity index (χ1n) is 5.72. The standard InChI is InChI=1S/C11H23N3O/c1-13(2)8-4-7-12-9-11(15)14(3)10-5-6-10/h10,12H,4-9H2,1-3H3. The molecule has 0 aromatic rings. The second-order valence-electron chi connectivity index (χ2n) is 4.57. The minimum Gasteiger partial charge on any atom is -0.342 e. The summed E-state index contributed by atoms with van der Waals surface area (Å²) in [5.41, 5.74) is 0. The summed E-state index contributed by atoms with van der Waals surface area (Å²) < 4.78 is 0. The van der Waals surface area contributed by atoms with Crippen molar-refractivity contribution in [2.75, 3.05) is 40.8 Å². The molecule has 1 amide bonds. The summed E-state index contributed by atoms with van der Waals surface area (Å²) in [6, 6.07) is 0.529. The molecule has 1 aliphatic rings. The first kappa shape index (κ1) is 12.5. The summed E-state index contributed by atoms with van der Waals surface area (Å²) in [6.07, 6.45) is 3.46. The Hall–Kier alpha value is -0.610.